The summed E-state index contributed by atoms with van der Waals surface area (Å²) < 4.78 is 29.6. The van der Waals surface area contributed by atoms with Crippen LogP contribution in [0.4, 0.5) is 5.69 Å². The lowest BCUT2D eigenvalue weighted by molar-refractivity contribution is 0.229. The van der Waals surface area contributed by atoms with Crippen molar-refractivity contribution in [2.24, 2.45) is 0 Å². The molecular weight excluding hydrogens is 514 g/mol. The van der Waals surface area contributed by atoms with Crippen molar-refractivity contribution in [2.45, 2.75) is 58.3 Å². The smallest absolute Gasteiger partial charge is 0.360 e. The number of thiophene rings is 1. The van der Waals surface area contributed by atoms with Gasteiger partial charge in [0, 0.05) is 29.5 Å². The Bertz CT molecular complexity index is 1590. The van der Waals surface area contributed by atoms with Gasteiger partial charge in [-0.25, -0.2) is 4.79 Å². The van der Waals surface area contributed by atoms with Crippen molar-refractivity contribution in [3.8, 4) is 23.0 Å². The van der Waals surface area contributed by atoms with Gasteiger partial charge >= 0.3 is 5.63 Å². The summed E-state index contributed by atoms with van der Waals surface area (Å²) in [6, 6.07) is 9.99. The molecule has 8 heteroatoms. The van der Waals surface area contributed by atoms with Crippen LogP contribution in [-0.2, 0) is 6.42 Å². The highest BCUT2D eigenvalue weighted by Crippen LogP contribution is 2.57. The molecule has 7 nitrogen and oxygen atoms in total. The van der Waals surface area contributed by atoms with Crippen molar-refractivity contribution in [3.05, 3.63) is 73.8 Å². The Hall–Kier alpha value is -3.65. The molecular formula is C31H33NO6S. The van der Waals surface area contributed by atoms with Crippen molar-refractivity contribution in [3.63, 3.8) is 0 Å². The number of hydrogen-bond acceptors (Lipinski definition) is 8. The molecule has 0 amide bonds. The summed E-state index contributed by atoms with van der Waals surface area (Å²) in [6.45, 7) is 8.63. The Kier molecular flexibility index (Phi) is 6.46. The molecule has 4 heterocycles. The molecule has 2 aliphatic rings. The third kappa shape index (κ3) is 4.22. The van der Waals surface area contributed by atoms with E-state index in [0.29, 0.717) is 35.1 Å². The second-order valence-corrected chi connectivity index (χ2v) is 11.4. The standard InChI is InChI=1S/C31H33NO6S/c1-16(2)36-25-11-18-7-9-32-29(20(18)12-23(25)34-5)27(19-8-10-39-15-19)28-21-13-24(35-6)26(37-17(3)4)14-22(21)38-31(33)30(28)32/h8,10-17,27,29H,7,9H2,1-6H3. The number of benzene rings is 2. The molecule has 6 rings (SSSR count). The number of anilines is 1. The lowest BCUT2D eigenvalue weighted by Crippen LogP contribution is -2.36. The largest absolute Gasteiger partial charge is 0.493 e. The average Bonchev–Trinajstić information content (AvgIpc) is 3.54. The van der Waals surface area contributed by atoms with Crippen LogP contribution in [0.15, 0.2) is 50.3 Å². The summed E-state index contributed by atoms with van der Waals surface area (Å²) in [6.07, 6.45) is 0.755. The number of ether oxygens (including phenoxy) is 4. The van der Waals surface area contributed by atoms with Crippen LogP contribution in [0.1, 0.15) is 61.9 Å². The van der Waals surface area contributed by atoms with E-state index in [-0.39, 0.29) is 29.8 Å². The van der Waals surface area contributed by atoms with E-state index in [1.807, 2.05) is 33.8 Å². The first-order valence-corrected chi connectivity index (χ1v) is 14.3. The van der Waals surface area contributed by atoms with Crippen LogP contribution in [0.3, 0.4) is 0 Å². The molecule has 0 saturated carbocycles. The summed E-state index contributed by atoms with van der Waals surface area (Å²) in [5, 5.41) is 5.12. The lowest BCUT2D eigenvalue weighted by atomic mass is 9.81. The van der Waals surface area contributed by atoms with Gasteiger partial charge in [-0.2, -0.15) is 11.3 Å². The Morgan fingerprint density at radius 1 is 0.949 bits per heavy atom. The van der Waals surface area contributed by atoms with Crippen molar-refractivity contribution >= 4 is 28.0 Å². The van der Waals surface area contributed by atoms with Crippen LogP contribution in [-0.4, -0.2) is 33.0 Å². The van der Waals surface area contributed by atoms with Crippen LogP contribution in [0, 0.1) is 0 Å². The maximum Gasteiger partial charge on any atom is 0.360 e. The van der Waals surface area contributed by atoms with Gasteiger partial charge in [-0.15, -0.1) is 0 Å². The molecule has 0 aliphatic carbocycles. The highest BCUT2D eigenvalue weighted by Gasteiger charge is 2.47. The Morgan fingerprint density at radius 2 is 1.64 bits per heavy atom. The first kappa shape index (κ1) is 25.6. The maximum absolute atomic E-state index is 13.7. The number of hydrogen-bond donors (Lipinski definition) is 0. The average molecular weight is 548 g/mol. The first-order chi connectivity index (χ1) is 18.8. The van der Waals surface area contributed by atoms with E-state index in [1.54, 1.807) is 31.6 Å². The van der Waals surface area contributed by atoms with Gasteiger partial charge in [0.05, 0.1) is 32.5 Å². The zero-order valence-electron chi connectivity index (χ0n) is 23.1. The highest BCUT2D eigenvalue weighted by atomic mass is 32.1. The van der Waals surface area contributed by atoms with Gasteiger partial charge in [0.1, 0.15) is 11.3 Å². The Labute approximate surface area is 231 Å². The van der Waals surface area contributed by atoms with E-state index >= 15 is 0 Å². The molecule has 0 saturated heterocycles. The van der Waals surface area contributed by atoms with Crippen LogP contribution < -0.4 is 29.5 Å². The summed E-state index contributed by atoms with van der Waals surface area (Å²) in [5.74, 6) is 2.52. The van der Waals surface area contributed by atoms with E-state index in [9.17, 15) is 4.79 Å². The number of fused-ring (bicyclic) bond motifs is 7. The molecule has 2 aromatic carbocycles. The fourth-order valence-corrected chi connectivity index (χ4v) is 6.74. The fraction of sp³-hybridized carbons (Fsp3) is 0.387. The van der Waals surface area contributed by atoms with E-state index in [4.69, 9.17) is 23.4 Å². The Morgan fingerprint density at radius 3 is 2.28 bits per heavy atom. The molecule has 2 unspecified atom stereocenters. The van der Waals surface area contributed by atoms with Gasteiger partial charge in [-0.05, 0) is 85.8 Å². The Balaban J connectivity index is 1.60. The number of methoxy groups -OCH3 is 2. The lowest BCUT2D eigenvalue weighted by Gasteiger charge is -2.36. The van der Waals surface area contributed by atoms with Gasteiger partial charge in [0.15, 0.2) is 23.0 Å². The van der Waals surface area contributed by atoms with Crippen molar-refractivity contribution < 1.29 is 23.4 Å². The molecule has 0 N–H and O–H groups in total. The summed E-state index contributed by atoms with van der Waals surface area (Å²) >= 11 is 1.66. The van der Waals surface area contributed by atoms with Crippen molar-refractivity contribution in [1.29, 1.82) is 0 Å². The predicted molar refractivity (Wildman–Crippen MR) is 154 cm³/mol. The molecule has 0 bridgehead atoms. The molecule has 4 aromatic rings. The van der Waals surface area contributed by atoms with E-state index in [0.717, 1.165) is 34.2 Å². The zero-order chi connectivity index (χ0) is 27.4. The van der Waals surface area contributed by atoms with Crippen LogP contribution in [0.25, 0.3) is 11.0 Å². The van der Waals surface area contributed by atoms with Crippen molar-refractivity contribution in [1.82, 2.24) is 0 Å². The van der Waals surface area contributed by atoms with Gasteiger partial charge in [0.2, 0.25) is 0 Å². The van der Waals surface area contributed by atoms with Crippen LogP contribution in [0.5, 0.6) is 23.0 Å². The molecule has 0 spiro atoms. The summed E-state index contributed by atoms with van der Waals surface area (Å²) in [7, 11) is 3.30. The summed E-state index contributed by atoms with van der Waals surface area (Å²) in [5.41, 5.74) is 5.26. The van der Waals surface area contributed by atoms with Crippen LogP contribution in [0.2, 0.25) is 0 Å². The van der Waals surface area contributed by atoms with Gasteiger partial charge in [-0.3, -0.25) is 0 Å². The van der Waals surface area contributed by atoms with Gasteiger partial charge in [0.25, 0.3) is 0 Å². The van der Waals surface area contributed by atoms with E-state index in [2.05, 4.69) is 33.9 Å². The monoisotopic (exact) mass is 547 g/mol. The minimum absolute atomic E-state index is 0.0295. The molecule has 2 atom stereocenters. The third-order valence-electron chi connectivity index (χ3n) is 7.45. The zero-order valence-corrected chi connectivity index (χ0v) is 23.9. The quantitative estimate of drug-likeness (QED) is 0.239. The van der Waals surface area contributed by atoms with Crippen molar-refractivity contribution in [2.75, 3.05) is 25.7 Å². The topological polar surface area (TPSA) is 70.4 Å². The molecule has 2 aliphatic heterocycles. The number of nitrogens with zero attached hydrogens (tertiary/aromatic N) is 1. The van der Waals surface area contributed by atoms with E-state index < -0.39 is 0 Å². The molecule has 39 heavy (non-hydrogen) atoms. The highest BCUT2D eigenvalue weighted by molar-refractivity contribution is 7.08. The normalized spacial score (nSPS) is 17.8. The second-order valence-electron chi connectivity index (χ2n) is 10.6. The minimum Gasteiger partial charge on any atom is -0.493 e. The van der Waals surface area contributed by atoms with Crippen LogP contribution >= 0.6 is 11.3 Å². The molecule has 0 radical (unpaired) electrons. The fourth-order valence-electron chi connectivity index (χ4n) is 6.05. The SMILES string of the molecule is COc1cc2c(cc1OC(C)C)CCN1c3c(c4cc(OC)c(OC(C)C)cc4oc3=O)C(c3ccsc3)C21. The maximum atomic E-state index is 13.7. The van der Waals surface area contributed by atoms with Gasteiger partial charge in [-0.1, -0.05) is 0 Å². The molecule has 2 aromatic heterocycles. The molecule has 204 valence electrons. The van der Waals surface area contributed by atoms with E-state index in [1.165, 1.54) is 5.56 Å². The van der Waals surface area contributed by atoms with Gasteiger partial charge < -0.3 is 28.3 Å². The molecule has 0 fully saturated rings. The minimum atomic E-state index is -0.337. The third-order valence-corrected chi connectivity index (χ3v) is 8.15. The second kappa shape index (κ2) is 9.83. The predicted octanol–water partition coefficient (Wildman–Crippen LogP) is 6.70. The number of rotatable bonds is 7. The summed E-state index contributed by atoms with van der Waals surface area (Å²) in [4.78, 5) is 15.9. The first-order valence-electron chi connectivity index (χ1n) is 13.3.